The van der Waals surface area contributed by atoms with Gasteiger partial charge in [-0.2, -0.15) is 0 Å². The zero-order chi connectivity index (χ0) is 30.2. The Kier molecular flexibility index (Phi) is 9.01. The molecule has 4 aromatic carbocycles. The zero-order valence-electron chi connectivity index (χ0n) is 24.4. The molecule has 0 saturated carbocycles. The molecule has 1 N–H and O–H groups in total. The van der Waals surface area contributed by atoms with Crippen molar-refractivity contribution in [2.75, 3.05) is 18.7 Å². The van der Waals surface area contributed by atoms with E-state index in [4.69, 9.17) is 9.47 Å². The number of para-hydroxylation sites is 3. The second-order valence-corrected chi connectivity index (χ2v) is 10.7. The summed E-state index contributed by atoms with van der Waals surface area (Å²) >= 11 is 0. The summed E-state index contributed by atoms with van der Waals surface area (Å²) in [5.41, 5.74) is 4.99. The molecule has 7 nitrogen and oxygen atoms in total. The second kappa shape index (κ2) is 13.2. The zero-order valence-corrected chi connectivity index (χ0v) is 24.4. The summed E-state index contributed by atoms with van der Waals surface area (Å²) in [6.45, 7) is 6.41. The summed E-state index contributed by atoms with van der Waals surface area (Å²) < 4.78 is 12.1. The number of pyridine rings is 1. The monoisotopic (exact) mass is 573 g/mol. The summed E-state index contributed by atoms with van der Waals surface area (Å²) in [6.07, 6.45) is 0.486. The van der Waals surface area contributed by atoms with Gasteiger partial charge in [-0.1, -0.05) is 67.6 Å². The molecule has 0 aliphatic carbocycles. The third kappa shape index (κ3) is 7.01. The fraction of sp³-hybridized carbons (Fsp3) is 0.194. The van der Waals surface area contributed by atoms with Gasteiger partial charge in [0.1, 0.15) is 18.1 Å². The third-order valence-corrected chi connectivity index (χ3v) is 7.75. The number of anilines is 1. The molecule has 0 radical (unpaired) electrons. The average molecular weight is 574 g/mol. The van der Waals surface area contributed by atoms with E-state index in [2.05, 4.69) is 23.6 Å². The van der Waals surface area contributed by atoms with Gasteiger partial charge < -0.3 is 19.5 Å². The molecule has 1 aromatic heterocycles. The van der Waals surface area contributed by atoms with Crippen molar-refractivity contribution < 1.29 is 19.4 Å². The Hall–Kier alpha value is -5.17. The third-order valence-electron chi connectivity index (χ3n) is 7.75. The maximum Gasteiger partial charge on any atom is 0.303 e. The first kappa shape index (κ1) is 29.3. The Morgan fingerprint density at radius 3 is 2.16 bits per heavy atom. The van der Waals surface area contributed by atoms with Gasteiger partial charge in [-0.3, -0.25) is 9.79 Å². The van der Waals surface area contributed by atoms with Crippen LogP contribution in [-0.2, 0) is 16.8 Å². The van der Waals surface area contributed by atoms with Gasteiger partial charge in [0.25, 0.3) is 0 Å². The Labute approximate surface area is 252 Å². The van der Waals surface area contributed by atoms with Crippen LogP contribution in [0.15, 0.2) is 114 Å². The second-order valence-electron chi connectivity index (χ2n) is 10.7. The average Bonchev–Trinajstić information content (AvgIpc) is 3.05. The van der Waals surface area contributed by atoms with Gasteiger partial charge in [0, 0.05) is 24.3 Å². The van der Waals surface area contributed by atoms with Crippen molar-refractivity contribution in [3.8, 4) is 11.5 Å². The van der Waals surface area contributed by atoms with Crippen LogP contribution >= 0.6 is 0 Å². The highest BCUT2D eigenvalue weighted by Gasteiger charge is 2.30. The molecule has 1 unspecified atom stereocenters. The number of benzene rings is 4. The first-order valence-electron chi connectivity index (χ1n) is 14.2. The predicted octanol–water partition coefficient (Wildman–Crippen LogP) is 7.79. The number of aliphatic imine (C=N–C) groups is 1. The molecule has 5 rings (SSSR count). The number of aliphatic carboxylic acids is 1. The predicted molar refractivity (Wildman–Crippen MR) is 172 cm³/mol. The number of ether oxygens (including phenoxy) is 2. The van der Waals surface area contributed by atoms with Crippen LogP contribution in [0.1, 0.15) is 36.6 Å². The van der Waals surface area contributed by atoms with Crippen LogP contribution < -0.4 is 14.4 Å². The fourth-order valence-corrected chi connectivity index (χ4v) is 5.16. The van der Waals surface area contributed by atoms with Crippen LogP contribution in [0.2, 0.25) is 0 Å². The summed E-state index contributed by atoms with van der Waals surface area (Å²) in [7, 11) is 1.94. The van der Waals surface area contributed by atoms with E-state index in [0.717, 1.165) is 44.8 Å². The normalized spacial score (nSPS) is 12.3. The lowest BCUT2D eigenvalue weighted by atomic mass is 9.73. The van der Waals surface area contributed by atoms with E-state index in [0.29, 0.717) is 25.5 Å². The van der Waals surface area contributed by atoms with E-state index in [-0.39, 0.29) is 6.42 Å². The minimum atomic E-state index is -0.827. The molecule has 5 aromatic rings. The number of nitrogens with zero attached hydrogens (tertiary/aromatic N) is 3. The van der Waals surface area contributed by atoms with Gasteiger partial charge in [-0.05, 0) is 72.8 Å². The SMILES string of the molecule is C=Nc1ccccc1N(C)COc1ccc(C(C)(CCC(=O)O)c2ccc(OCc3ccc4ccccc4n3)cc2)cc1. The van der Waals surface area contributed by atoms with Crippen molar-refractivity contribution in [1.29, 1.82) is 0 Å². The van der Waals surface area contributed by atoms with Gasteiger partial charge in [0.15, 0.2) is 6.73 Å². The fourth-order valence-electron chi connectivity index (χ4n) is 5.16. The molecular weight excluding hydrogens is 538 g/mol. The van der Waals surface area contributed by atoms with Crippen molar-refractivity contribution in [3.05, 3.63) is 126 Å². The first-order valence-corrected chi connectivity index (χ1v) is 14.2. The van der Waals surface area contributed by atoms with Crippen LogP contribution in [0.3, 0.4) is 0 Å². The summed E-state index contributed by atoms with van der Waals surface area (Å²) in [4.78, 5) is 22.3. The van der Waals surface area contributed by atoms with Crippen molar-refractivity contribution in [2.24, 2.45) is 4.99 Å². The van der Waals surface area contributed by atoms with Crippen LogP contribution in [0.5, 0.6) is 11.5 Å². The number of rotatable bonds is 13. The summed E-state index contributed by atoms with van der Waals surface area (Å²) in [5.74, 6) is 0.609. The highest BCUT2D eigenvalue weighted by molar-refractivity contribution is 5.78. The van der Waals surface area contributed by atoms with Gasteiger partial charge >= 0.3 is 5.97 Å². The largest absolute Gasteiger partial charge is 0.487 e. The lowest BCUT2D eigenvalue weighted by Crippen LogP contribution is -2.25. The van der Waals surface area contributed by atoms with Crippen LogP contribution in [0.4, 0.5) is 11.4 Å². The van der Waals surface area contributed by atoms with Crippen molar-refractivity contribution in [2.45, 2.75) is 31.8 Å². The van der Waals surface area contributed by atoms with Gasteiger partial charge in [-0.15, -0.1) is 0 Å². The molecule has 0 saturated heterocycles. The molecule has 0 aliphatic rings. The smallest absolute Gasteiger partial charge is 0.303 e. The number of fused-ring (bicyclic) bond motifs is 1. The molecule has 1 heterocycles. The molecule has 218 valence electrons. The van der Waals surface area contributed by atoms with Gasteiger partial charge in [0.2, 0.25) is 0 Å². The van der Waals surface area contributed by atoms with E-state index in [1.54, 1.807) is 0 Å². The number of carboxylic acids is 1. The maximum absolute atomic E-state index is 11.6. The Bertz CT molecular complexity index is 1700. The standard InChI is InChI=1S/C36H35N3O4/c1-36(23-22-35(40)41,28-15-20-31(21-16-28)43-25-39(3)34-11-7-6-10-33(34)37-2)27-13-18-30(19-14-27)42-24-29-17-12-26-8-4-5-9-32(26)38-29/h4-21H,2,22-25H2,1,3H3,(H,40,41). The first-order chi connectivity index (χ1) is 20.9. The van der Waals surface area contributed by atoms with Crippen LogP contribution in [0.25, 0.3) is 10.9 Å². The van der Waals surface area contributed by atoms with Crippen molar-refractivity contribution >= 4 is 35.0 Å². The molecule has 0 amide bonds. The molecule has 0 bridgehead atoms. The van der Waals surface area contributed by atoms with E-state index in [1.165, 1.54) is 0 Å². The minimum absolute atomic E-state index is 0.0438. The van der Waals surface area contributed by atoms with E-state index in [9.17, 15) is 9.90 Å². The Balaban J connectivity index is 1.28. The lowest BCUT2D eigenvalue weighted by molar-refractivity contribution is -0.137. The molecule has 0 spiro atoms. The molecule has 1 atom stereocenters. The molecule has 0 fully saturated rings. The lowest BCUT2D eigenvalue weighted by Gasteiger charge is -2.31. The highest BCUT2D eigenvalue weighted by atomic mass is 16.5. The topological polar surface area (TPSA) is 84.2 Å². The number of hydrogen-bond donors (Lipinski definition) is 1. The van der Waals surface area contributed by atoms with Gasteiger partial charge in [-0.25, -0.2) is 4.98 Å². The van der Waals surface area contributed by atoms with Crippen molar-refractivity contribution in [3.63, 3.8) is 0 Å². The molecule has 0 aliphatic heterocycles. The number of aromatic nitrogens is 1. The Morgan fingerprint density at radius 1 is 0.860 bits per heavy atom. The number of carboxylic acid groups (broad SMARTS) is 1. The maximum atomic E-state index is 11.6. The van der Waals surface area contributed by atoms with Crippen molar-refractivity contribution in [1.82, 2.24) is 4.98 Å². The molecular formula is C36H35N3O4. The highest BCUT2D eigenvalue weighted by Crippen LogP contribution is 2.38. The van der Waals surface area contributed by atoms with Crippen LogP contribution in [0, 0.1) is 0 Å². The number of hydrogen-bond acceptors (Lipinski definition) is 6. The minimum Gasteiger partial charge on any atom is -0.487 e. The van der Waals surface area contributed by atoms with E-state index < -0.39 is 11.4 Å². The Morgan fingerprint density at radius 2 is 1.49 bits per heavy atom. The quantitative estimate of drug-likeness (QED) is 0.114. The summed E-state index contributed by atoms with van der Waals surface area (Å²) in [6, 6.07) is 35.5. The van der Waals surface area contributed by atoms with Crippen LogP contribution in [-0.4, -0.2) is 36.6 Å². The number of carbonyl (C=O) groups is 1. The van der Waals surface area contributed by atoms with E-state index >= 15 is 0 Å². The van der Waals surface area contributed by atoms with Gasteiger partial charge in [0.05, 0.1) is 22.6 Å². The molecule has 43 heavy (non-hydrogen) atoms. The summed E-state index contributed by atoms with van der Waals surface area (Å²) in [5, 5.41) is 10.6. The molecule has 7 heteroatoms. The van der Waals surface area contributed by atoms with E-state index in [1.807, 2.05) is 121 Å².